The van der Waals surface area contributed by atoms with Gasteiger partial charge in [0.05, 0.1) is 24.4 Å². The monoisotopic (exact) mass is 355 g/mol. The van der Waals surface area contributed by atoms with E-state index in [2.05, 4.69) is 0 Å². The summed E-state index contributed by atoms with van der Waals surface area (Å²) in [6.07, 6.45) is -0.0434. The fourth-order valence-electron chi connectivity index (χ4n) is 1.03. The van der Waals surface area contributed by atoms with Crippen molar-refractivity contribution >= 4 is 26.8 Å². The van der Waals surface area contributed by atoms with Crippen molar-refractivity contribution in [1.29, 1.82) is 0 Å². The molecule has 0 aromatic heterocycles. The zero-order valence-electron chi connectivity index (χ0n) is 12.7. The third kappa shape index (κ3) is 12.5. The summed E-state index contributed by atoms with van der Waals surface area (Å²) in [5, 5.41) is 0. The van der Waals surface area contributed by atoms with E-state index >= 15 is 0 Å². The Balaban J connectivity index is -0.00000162. The van der Waals surface area contributed by atoms with Crippen molar-refractivity contribution in [2.45, 2.75) is 27.2 Å². The van der Waals surface area contributed by atoms with Crippen molar-refractivity contribution in [3.63, 3.8) is 0 Å². The number of hydrogen-bond acceptors (Lipinski definition) is 9. The molecule has 1 N–H and O–H groups in total. The average Bonchev–Trinajstić information content (AvgIpc) is 2.26. The molecule has 122 valence electrons. The molecule has 0 aliphatic carbocycles. The molecule has 0 fully saturated rings. The number of hydrogen-bond donors (Lipinski definition) is 0. The number of rotatable bonds is 9. The van der Waals surface area contributed by atoms with Gasteiger partial charge in [-0.25, -0.2) is 0 Å². The number of carbonyl (C=O) groups is 1. The van der Waals surface area contributed by atoms with Crippen molar-refractivity contribution in [3.05, 3.63) is 0 Å². The molecule has 0 saturated carbocycles. The molecule has 0 aromatic carbocycles. The van der Waals surface area contributed by atoms with Gasteiger partial charge in [-0.2, -0.15) is 8.42 Å². The van der Waals surface area contributed by atoms with Crippen molar-refractivity contribution in [1.82, 2.24) is 0 Å². The molecule has 0 spiro atoms. The van der Waals surface area contributed by atoms with Gasteiger partial charge in [-0.3, -0.25) is 8.98 Å². The van der Waals surface area contributed by atoms with Crippen LogP contribution in [-0.2, 0) is 43.0 Å². The van der Waals surface area contributed by atoms with Crippen molar-refractivity contribution in [2.24, 2.45) is 5.41 Å². The fraction of sp³-hybridized carbons (Fsp3) is 0.900. The van der Waals surface area contributed by atoms with Crippen LogP contribution < -0.4 is 29.6 Å². The Labute approximate surface area is 149 Å². The SMILES string of the molecule is CCOC(=O)C(C)(C)COS(=O)(=O)CCC[S-](=O)=O.[Na+].[OH-]. The van der Waals surface area contributed by atoms with Crippen LogP contribution in [-0.4, -0.2) is 44.6 Å². The van der Waals surface area contributed by atoms with E-state index in [1.54, 1.807) is 6.92 Å². The quantitative estimate of drug-likeness (QED) is 0.191. The summed E-state index contributed by atoms with van der Waals surface area (Å²) in [5.41, 5.74) is -1.08. The van der Waals surface area contributed by atoms with E-state index in [1.165, 1.54) is 13.8 Å². The van der Waals surface area contributed by atoms with Crippen LogP contribution in [0.4, 0.5) is 0 Å². The molecule has 8 nitrogen and oxygen atoms in total. The van der Waals surface area contributed by atoms with E-state index in [4.69, 9.17) is 8.92 Å². The van der Waals surface area contributed by atoms with Crippen molar-refractivity contribution in [3.8, 4) is 0 Å². The van der Waals surface area contributed by atoms with Crippen LogP contribution in [0.3, 0.4) is 0 Å². The predicted octanol–water partition coefficient (Wildman–Crippen LogP) is -2.55. The topological polar surface area (TPSA) is 134 Å². The first kappa shape index (κ1) is 26.2. The van der Waals surface area contributed by atoms with Crippen LogP contribution in [0.1, 0.15) is 27.2 Å². The Kier molecular flexibility index (Phi) is 14.7. The Hall–Kier alpha value is 0.290. The summed E-state index contributed by atoms with van der Waals surface area (Å²) < 4.78 is 53.0. The summed E-state index contributed by atoms with van der Waals surface area (Å²) in [6, 6.07) is 0. The van der Waals surface area contributed by atoms with Gasteiger partial charge in [-0.05, 0) is 20.8 Å². The number of esters is 1. The van der Waals surface area contributed by atoms with Crippen LogP contribution in [0.15, 0.2) is 0 Å². The molecule has 0 bridgehead atoms. The second kappa shape index (κ2) is 11.8. The molecule has 0 aliphatic rings. The standard InChI is InChI=1S/C10H19O7S2.Na.H2O/c1-4-16-9(11)10(2,3)8-17-19(14,15)7-5-6-18(12)13;;/h4-8H2,1-3H3;;1H2/q-1;+1;/p-1. The maximum Gasteiger partial charge on any atom is 1.00 e. The van der Waals surface area contributed by atoms with Crippen LogP contribution >= 0.6 is 0 Å². The van der Waals surface area contributed by atoms with Crippen molar-refractivity contribution < 1.29 is 65.6 Å². The van der Waals surface area contributed by atoms with Gasteiger partial charge in [-0.1, -0.05) is 22.9 Å². The third-order valence-electron chi connectivity index (χ3n) is 2.13. The van der Waals surface area contributed by atoms with Crippen LogP contribution in [0.5, 0.6) is 0 Å². The molecule has 0 unspecified atom stereocenters. The minimum atomic E-state index is -3.84. The molecule has 0 atom stereocenters. The summed E-state index contributed by atoms with van der Waals surface area (Å²) in [5.74, 6) is -1.20. The van der Waals surface area contributed by atoms with E-state index in [0.29, 0.717) is 0 Å². The summed E-state index contributed by atoms with van der Waals surface area (Å²) >= 11 is 0. The normalized spacial score (nSPS) is 11.4. The number of carbonyl (C=O) groups excluding carboxylic acids is 1. The summed E-state index contributed by atoms with van der Waals surface area (Å²) in [4.78, 5) is 11.5. The van der Waals surface area contributed by atoms with Gasteiger partial charge in [-0.15, -0.1) is 0 Å². The minimum absolute atomic E-state index is 0. The van der Waals surface area contributed by atoms with Crippen LogP contribution in [0.2, 0.25) is 0 Å². The average molecular weight is 355 g/mol. The Morgan fingerprint density at radius 3 is 2.19 bits per heavy atom. The molecule has 0 radical (unpaired) electrons. The first-order chi connectivity index (χ1) is 8.60. The van der Waals surface area contributed by atoms with Gasteiger partial charge in [0.2, 0.25) is 0 Å². The van der Waals surface area contributed by atoms with Gasteiger partial charge in [0.15, 0.2) is 0 Å². The molecule has 0 aromatic rings. The minimum Gasteiger partial charge on any atom is -0.870 e. The van der Waals surface area contributed by atoms with Gasteiger partial charge < -0.3 is 18.6 Å². The van der Waals surface area contributed by atoms with Gasteiger partial charge in [0.25, 0.3) is 10.1 Å². The molecule has 11 heteroatoms. The second-order valence-electron chi connectivity index (χ2n) is 4.49. The smallest absolute Gasteiger partial charge is 0.870 e. The molecule has 0 heterocycles. The first-order valence-corrected chi connectivity index (χ1v) is 8.53. The fourth-order valence-corrected chi connectivity index (χ4v) is 2.69. The third-order valence-corrected chi connectivity index (χ3v) is 4.02. The largest absolute Gasteiger partial charge is 1.00 e. The molecule has 0 rings (SSSR count). The zero-order chi connectivity index (χ0) is 15.1. The molecule has 0 aliphatic heterocycles. The molecule has 0 amide bonds. The first-order valence-electron chi connectivity index (χ1n) is 5.71. The Morgan fingerprint density at radius 2 is 1.76 bits per heavy atom. The number of ether oxygens (including phenoxy) is 1. The predicted molar refractivity (Wildman–Crippen MR) is 70.3 cm³/mol. The Morgan fingerprint density at radius 1 is 1.24 bits per heavy atom. The van der Waals surface area contributed by atoms with Crippen LogP contribution in [0.25, 0.3) is 0 Å². The molecule has 21 heavy (non-hydrogen) atoms. The van der Waals surface area contributed by atoms with E-state index in [9.17, 15) is 21.6 Å². The van der Waals surface area contributed by atoms with Gasteiger partial charge >= 0.3 is 35.5 Å². The second-order valence-corrected chi connectivity index (χ2v) is 7.26. The van der Waals surface area contributed by atoms with Crippen LogP contribution in [0, 0.1) is 5.41 Å². The maximum atomic E-state index is 11.5. The van der Waals surface area contributed by atoms with Gasteiger partial charge in [0, 0.05) is 0 Å². The van der Waals surface area contributed by atoms with E-state index in [1.807, 2.05) is 0 Å². The molecular formula is C10H20NaO8S2-. The van der Waals surface area contributed by atoms with E-state index in [0.717, 1.165) is 0 Å². The maximum absolute atomic E-state index is 11.5. The van der Waals surface area contributed by atoms with E-state index < -0.39 is 38.0 Å². The van der Waals surface area contributed by atoms with Gasteiger partial charge in [0.1, 0.15) is 0 Å². The Bertz CT molecular complexity index is 461. The molecule has 0 saturated heterocycles. The summed E-state index contributed by atoms with van der Waals surface area (Å²) in [6.45, 7) is 4.52. The van der Waals surface area contributed by atoms with E-state index in [-0.39, 0.29) is 60.4 Å². The zero-order valence-corrected chi connectivity index (χ0v) is 16.3. The summed E-state index contributed by atoms with van der Waals surface area (Å²) in [7, 11) is -6.12. The molecular weight excluding hydrogens is 335 g/mol. The van der Waals surface area contributed by atoms with Crippen molar-refractivity contribution in [2.75, 3.05) is 24.7 Å².